The largest absolute Gasteiger partial charge is 0.477 e. The summed E-state index contributed by atoms with van der Waals surface area (Å²) in [6.45, 7) is 1.62. The Hall–Kier alpha value is -2.63. The maximum atomic E-state index is 13.4. The van der Waals surface area contributed by atoms with E-state index in [1.165, 1.54) is 18.2 Å². The summed E-state index contributed by atoms with van der Waals surface area (Å²) in [6, 6.07) is 6.91. The minimum atomic E-state index is -1.19. The highest BCUT2D eigenvalue weighted by molar-refractivity contribution is 5.86. The Morgan fingerprint density at radius 3 is 2.74 bits per heavy atom. The molecule has 1 heterocycles. The smallest absolute Gasteiger partial charge is 0.354 e. The third-order valence-corrected chi connectivity index (χ3v) is 2.47. The van der Waals surface area contributed by atoms with Crippen molar-refractivity contribution in [1.82, 2.24) is 4.98 Å². The fraction of sp³-hybridized carbons (Fsp3) is 0.0769. The Morgan fingerprint density at radius 2 is 2.11 bits per heavy atom. The monoisotopic (exact) mass is 262 g/mol. The van der Waals surface area contributed by atoms with E-state index in [0.717, 1.165) is 0 Å². The van der Waals surface area contributed by atoms with Gasteiger partial charge in [0.25, 0.3) is 0 Å². The number of carboxylic acid groups (broad SMARTS) is 1. The summed E-state index contributed by atoms with van der Waals surface area (Å²) in [5.74, 6) is -1.49. The summed E-state index contributed by atoms with van der Waals surface area (Å²) in [5, 5.41) is 8.83. The number of aryl methyl sites for hydroxylation is 1. The quantitative estimate of drug-likeness (QED) is 0.888. The van der Waals surface area contributed by atoms with Crippen LogP contribution in [0.5, 0.6) is 11.6 Å². The SMILES string of the molecule is Cc1ccc(Oc2nc(C(=O)O)ccc2N)cc1F. The number of benzene rings is 1. The highest BCUT2D eigenvalue weighted by Crippen LogP contribution is 2.26. The maximum Gasteiger partial charge on any atom is 0.354 e. The second-order valence-electron chi connectivity index (χ2n) is 3.91. The number of anilines is 1. The van der Waals surface area contributed by atoms with Crippen LogP contribution in [0.15, 0.2) is 30.3 Å². The number of nitrogens with zero attached hydrogens (tertiary/aromatic N) is 1. The van der Waals surface area contributed by atoms with Crippen LogP contribution in [0.4, 0.5) is 10.1 Å². The van der Waals surface area contributed by atoms with E-state index in [9.17, 15) is 9.18 Å². The molecule has 5 nitrogen and oxygen atoms in total. The first-order valence-electron chi connectivity index (χ1n) is 5.41. The molecule has 0 aliphatic rings. The third-order valence-electron chi connectivity index (χ3n) is 2.47. The van der Waals surface area contributed by atoms with Crippen molar-refractivity contribution in [3.63, 3.8) is 0 Å². The summed E-state index contributed by atoms with van der Waals surface area (Å²) in [5.41, 5.74) is 6.09. The first kappa shape index (κ1) is 12.8. The summed E-state index contributed by atoms with van der Waals surface area (Å²) >= 11 is 0. The highest BCUT2D eigenvalue weighted by atomic mass is 19.1. The van der Waals surface area contributed by atoms with E-state index in [0.29, 0.717) is 5.56 Å². The lowest BCUT2D eigenvalue weighted by Gasteiger charge is -2.08. The zero-order valence-electron chi connectivity index (χ0n) is 10.1. The van der Waals surface area contributed by atoms with Crippen molar-refractivity contribution in [3.05, 3.63) is 47.4 Å². The molecule has 0 spiro atoms. The molecule has 0 unspecified atom stereocenters. The molecule has 0 fully saturated rings. The first-order chi connectivity index (χ1) is 8.97. The molecule has 1 aromatic carbocycles. The van der Waals surface area contributed by atoms with Crippen LogP contribution in [-0.2, 0) is 0 Å². The number of halogens is 1. The van der Waals surface area contributed by atoms with Crippen molar-refractivity contribution in [2.24, 2.45) is 0 Å². The molecule has 0 radical (unpaired) electrons. The number of nitrogens with two attached hydrogens (primary N) is 1. The Bertz CT molecular complexity index is 644. The molecule has 6 heteroatoms. The van der Waals surface area contributed by atoms with Crippen molar-refractivity contribution in [1.29, 1.82) is 0 Å². The van der Waals surface area contributed by atoms with Crippen molar-refractivity contribution in [2.75, 3.05) is 5.73 Å². The molecule has 0 aliphatic carbocycles. The summed E-state index contributed by atoms with van der Waals surface area (Å²) in [7, 11) is 0. The van der Waals surface area contributed by atoms with E-state index in [-0.39, 0.29) is 23.0 Å². The lowest BCUT2D eigenvalue weighted by Crippen LogP contribution is -2.03. The van der Waals surface area contributed by atoms with Crippen LogP contribution in [0.3, 0.4) is 0 Å². The van der Waals surface area contributed by atoms with Crippen LogP contribution >= 0.6 is 0 Å². The molecule has 1 aromatic heterocycles. The minimum Gasteiger partial charge on any atom is -0.477 e. The number of carboxylic acids is 1. The number of hydrogen-bond donors (Lipinski definition) is 2. The molecule has 2 aromatic rings. The summed E-state index contributed by atoms with van der Waals surface area (Å²) in [6.07, 6.45) is 0. The molecule has 98 valence electrons. The van der Waals surface area contributed by atoms with Crippen molar-refractivity contribution >= 4 is 11.7 Å². The lowest BCUT2D eigenvalue weighted by molar-refractivity contribution is 0.0689. The molecule has 0 amide bonds. The summed E-state index contributed by atoms with van der Waals surface area (Å²) in [4.78, 5) is 14.5. The van der Waals surface area contributed by atoms with Gasteiger partial charge >= 0.3 is 5.97 Å². The number of nitrogen functional groups attached to an aromatic ring is 1. The number of rotatable bonds is 3. The number of aromatic nitrogens is 1. The highest BCUT2D eigenvalue weighted by Gasteiger charge is 2.11. The normalized spacial score (nSPS) is 10.2. The Labute approximate surface area is 108 Å². The Balaban J connectivity index is 2.34. The lowest BCUT2D eigenvalue weighted by atomic mass is 10.2. The molecular formula is C13H11FN2O3. The number of ether oxygens (including phenoxy) is 1. The maximum absolute atomic E-state index is 13.4. The van der Waals surface area contributed by atoms with Gasteiger partial charge in [-0.25, -0.2) is 14.2 Å². The minimum absolute atomic E-state index is 0.0665. The van der Waals surface area contributed by atoms with Gasteiger partial charge in [0.15, 0.2) is 5.69 Å². The third kappa shape index (κ3) is 2.79. The van der Waals surface area contributed by atoms with Crippen LogP contribution < -0.4 is 10.5 Å². The fourth-order valence-corrected chi connectivity index (χ4v) is 1.40. The summed E-state index contributed by atoms with van der Waals surface area (Å²) < 4.78 is 18.7. The zero-order valence-corrected chi connectivity index (χ0v) is 10.1. The average Bonchev–Trinajstić information content (AvgIpc) is 2.36. The van der Waals surface area contributed by atoms with E-state index in [1.54, 1.807) is 19.1 Å². The molecule has 0 atom stereocenters. The number of pyridine rings is 1. The number of carbonyl (C=O) groups is 1. The van der Waals surface area contributed by atoms with Crippen molar-refractivity contribution < 1.29 is 19.0 Å². The van der Waals surface area contributed by atoms with Gasteiger partial charge in [0, 0.05) is 6.07 Å². The van der Waals surface area contributed by atoms with Gasteiger partial charge in [-0.05, 0) is 30.7 Å². The van der Waals surface area contributed by atoms with Crippen molar-refractivity contribution in [2.45, 2.75) is 6.92 Å². The van der Waals surface area contributed by atoms with E-state index in [4.69, 9.17) is 15.6 Å². The standard InChI is InChI=1S/C13H11FN2O3/c1-7-2-3-8(6-9(7)14)19-12-10(15)4-5-11(16-12)13(17)18/h2-6H,15H2,1H3,(H,17,18). The molecule has 0 saturated carbocycles. The van der Waals surface area contributed by atoms with Crippen molar-refractivity contribution in [3.8, 4) is 11.6 Å². The van der Waals surface area contributed by atoms with E-state index < -0.39 is 11.8 Å². The van der Waals surface area contributed by atoms with Crippen LogP contribution in [-0.4, -0.2) is 16.1 Å². The molecular weight excluding hydrogens is 251 g/mol. The molecule has 0 bridgehead atoms. The van der Waals surface area contributed by atoms with Gasteiger partial charge in [0.05, 0.1) is 5.69 Å². The second-order valence-corrected chi connectivity index (χ2v) is 3.91. The van der Waals surface area contributed by atoms with Gasteiger partial charge in [-0.1, -0.05) is 6.07 Å². The van der Waals surface area contributed by atoms with Crippen LogP contribution in [0, 0.1) is 12.7 Å². The first-order valence-corrected chi connectivity index (χ1v) is 5.41. The zero-order chi connectivity index (χ0) is 14.0. The van der Waals surface area contributed by atoms with Gasteiger partial charge in [0.2, 0.25) is 5.88 Å². The van der Waals surface area contributed by atoms with Gasteiger partial charge in [-0.3, -0.25) is 0 Å². The number of hydrogen-bond acceptors (Lipinski definition) is 4. The molecule has 0 saturated heterocycles. The fourth-order valence-electron chi connectivity index (χ4n) is 1.40. The van der Waals surface area contributed by atoms with Gasteiger partial charge < -0.3 is 15.6 Å². The Morgan fingerprint density at radius 1 is 1.37 bits per heavy atom. The second kappa shape index (κ2) is 4.93. The predicted molar refractivity (Wildman–Crippen MR) is 66.8 cm³/mol. The Kier molecular flexibility index (Phi) is 3.33. The van der Waals surface area contributed by atoms with Crippen LogP contribution in [0.2, 0.25) is 0 Å². The predicted octanol–water partition coefficient (Wildman–Crippen LogP) is 2.60. The number of aromatic carboxylic acids is 1. The van der Waals surface area contributed by atoms with Gasteiger partial charge in [-0.15, -0.1) is 0 Å². The molecule has 19 heavy (non-hydrogen) atoms. The molecule has 3 N–H and O–H groups in total. The molecule has 0 aliphatic heterocycles. The van der Waals surface area contributed by atoms with E-state index in [2.05, 4.69) is 4.98 Å². The van der Waals surface area contributed by atoms with Gasteiger partial charge in [0.1, 0.15) is 11.6 Å². The van der Waals surface area contributed by atoms with Crippen LogP contribution in [0.25, 0.3) is 0 Å². The molecule has 2 rings (SSSR count). The van der Waals surface area contributed by atoms with Crippen LogP contribution in [0.1, 0.15) is 16.1 Å². The van der Waals surface area contributed by atoms with E-state index in [1.807, 2.05) is 0 Å². The average molecular weight is 262 g/mol. The topological polar surface area (TPSA) is 85.4 Å². The van der Waals surface area contributed by atoms with E-state index >= 15 is 0 Å². The van der Waals surface area contributed by atoms with Gasteiger partial charge in [-0.2, -0.15) is 0 Å².